The topological polar surface area (TPSA) is 34.9 Å². The number of hydrogen-bond acceptors (Lipinski definition) is 3. The molecule has 18 heavy (non-hydrogen) atoms. The Bertz CT molecular complexity index is 566. The Kier molecular flexibility index (Phi) is 4.32. The monoisotopic (exact) mass is 300 g/mol. The van der Waals surface area contributed by atoms with Gasteiger partial charge in [-0.2, -0.15) is 5.10 Å². The molecule has 0 aliphatic rings. The van der Waals surface area contributed by atoms with Gasteiger partial charge in [0.05, 0.1) is 11.3 Å². The summed E-state index contributed by atoms with van der Waals surface area (Å²) in [6.45, 7) is 0. The van der Waals surface area contributed by atoms with Crippen molar-refractivity contribution in [3.63, 3.8) is 0 Å². The van der Waals surface area contributed by atoms with E-state index < -0.39 is 0 Å². The lowest BCUT2D eigenvalue weighted by Gasteiger charge is -2.00. The van der Waals surface area contributed by atoms with E-state index in [1.54, 1.807) is 18.8 Å². The second-order valence-corrected chi connectivity index (χ2v) is 5.48. The first-order valence-electron chi connectivity index (χ1n) is 5.16. The summed E-state index contributed by atoms with van der Waals surface area (Å²) in [5.41, 5.74) is 1.15. The second-order valence-electron chi connectivity index (χ2n) is 3.64. The Hall–Kier alpha value is -0.970. The molecular formula is C12H10Cl2N2OS. The maximum Gasteiger partial charge on any atom is 0.155 e. The molecule has 0 fully saturated rings. The highest BCUT2D eigenvalue weighted by atomic mass is 35.5. The summed E-state index contributed by atoms with van der Waals surface area (Å²) in [6, 6.07) is 7.52. The molecular weight excluding hydrogens is 291 g/mol. The van der Waals surface area contributed by atoms with Crippen molar-refractivity contribution >= 4 is 41.2 Å². The number of carbonyl (C=O) groups excluding carboxylic acids is 1. The standard InChI is InChI=1S/C12H10Cl2N2OS/c1-16-12(14)10(6-17)11(15-16)7-18-9-4-2-8(13)3-5-9/h2-6H,7H2,1H3. The molecule has 6 heteroatoms. The number of rotatable bonds is 4. The first-order chi connectivity index (χ1) is 8.61. The average Bonchev–Trinajstić information content (AvgIpc) is 2.64. The summed E-state index contributed by atoms with van der Waals surface area (Å²) in [4.78, 5) is 12.0. The molecule has 1 aromatic heterocycles. The predicted octanol–water partition coefficient (Wildman–Crippen LogP) is 3.83. The van der Waals surface area contributed by atoms with Gasteiger partial charge in [0, 0.05) is 22.7 Å². The van der Waals surface area contributed by atoms with Crippen molar-refractivity contribution in [3.05, 3.63) is 45.7 Å². The fraction of sp³-hybridized carbons (Fsp3) is 0.167. The van der Waals surface area contributed by atoms with Gasteiger partial charge in [0.25, 0.3) is 0 Å². The minimum Gasteiger partial charge on any atom is -0.298 e. The van der Waals surface area contributed by atoms with Gasteiger partial charge in [0.1, 0.15) is 5.15 Å². The van der Waals surface area contributed by atoms with Crippen LogP contribution in [-0.4, -0.2) is 16.1 Å². The third-order valence-electron chi connectivity index (χ3n) is 2.40. The van der Waals surface area contributed by atoms with Gasteiger partial charge >= 0.3 is 0 Å². The van der Waals surface area contributed by atoms with E-state index in [1.165, 1.54) is 4.68 Å². The molecule has 3 nitrogen and oxygen atoms in total. The molecule has 0 aliphatic heterocycles. The van der Waals surface area contributed by atoms with Crippen LogP contribution in [0, 0.1) is 0 Å². The van der Waals surface area contributed by atoms with Crippen molar-refractivity contribution in [1.29, 1.82) is 0 Å². The van der Waals surface area contributed by atoms with Gasteiger partial charge in [-0.3, -0.25) is 9.48 Å². The third-order valence-corrected chi connectivity index (χ3v) is 4.12. The normalized spacial score (nSPS) is 10.6. The Labute approximate surface area is 119 Å². The molecule has 0 saturated carbocycles. The zero-order valence-corrected chi connectivity index (χ0v) is 11.9. The number of hydrogen-bond donors (Lipinski definition) is 0. The average molecular weight is 301 g/mol. The van der Waals surface area contributed by atoms with Crippen molar-refractivity contribution in [2.24, 2.45) is 7.05 Å². The van der Waals surface area contributed by atoms with Crippen LogP contribution in [0.15, 0.2) is 29.2 Å². The lowest BCUT2D eigenvalue weighted by atomic mass is 10.3. The largest absolute Gasteiger partial charge is 0.298 e. The maximum absolute atomic E-state index is 11.0. The zero-order valence-electron chi connectivity index (χ0n) is 9.56. The van der Waals surface area contributed by atoms with E-state index in [4.69, 9.17) is 23.2 Å². The van der Waals surface area contributed by atoms with E-state index in [9.17, 15) is 4.79 Å². The lowest BCUT2D eigenvalue weighted by Crippen LogP contribution is -1.91. The summed E-state index contributed by atoms with van der Waals surface area (Å²) < 4.78 is 1.50. The van der Waals surface area contributed by atoms with Crippen LogP contribution in [0.3, 0.4) is 0 Å². The minimum atomic E-state index is 0.372. The van der Waals surface area contributed by atoms with E-state index in [0.717, 1.165) is 11.2 Å². The number of aldehydes is 1. The predicted molar refractivity (Wildman–Crippen MR) is 74.6 cm³/mol. The summed E-state index contributed by atoms with van der Waals surface area (Å²) in [5, 5.41) is 5.29. The van der Waals surface area contributed by atoms with E-state index in [0.29, 0.717) is 27.2 Å². The number of aryl methyl sites for hydroxylation is 1. The van der Waals surface area contributed by atoms with Crippen LogP contribution in [0.4, 0.5) is 0 Å². The van der Waals surface area contributed by atoms with Crippen LogP contribution in [0.25, 0.3) is 0 Å². The highest BCUT2D eigenvalue weighted by Gasteiger charge is 2.13. The molecule has 1 aromatic carbocycles. The second kappa shape index (κ2) is 5.78. The SMILES string of the molecule is Cn1nc(CSc2ccc(Cl)cc2)c(C=O)c1Cl. The van der Waals surface area contributed by atoms with E-state index in [2.05, 4.69) is 5.10 Å². The lowest BCUT2D eigenvalue weighted by molar-refractivity contribution is 0.112. The Balaban J connectivity index is 2.13. The molecule has 0 saturated heterocycles. The molecule has 0 N–H and O–H groups in total. The molecule has 0 spiro atoms. The molecule has 0 radical (unpaired) electrons. The Morgan fingerprint density at radius 1 is 1.33 bits per heavy atom. The molecule has 0 aliphatic carbocycles. The smallest absolute Gasteiger partial charge is 0.155 e. The number of halogens is 2. The van der Waals surface area contributed by atoms with E-state index >= 15 is 0 Å². The number of thioether (sulfide) groups is 1. The summed E-state index contributed by atoms with van der Waals surface area (Å²) in [6.07, 6.45) is 0.743. The molecule has 0 atom stereocenters. The van der Waals surface area contributed by atoms with Gasteiger partial charge in [-0.15, -0.1) is 11.8 Å². The number of nitrogens with zero attached hydrogens (tertiary/aromatic N) is 2. The van der Waals surface area contributed by atoms with E-state index in [-0.39, 0.29) is 0 Å². The van der Waals surface area contributed by atoms with Crippen molar-refractivity contribution in [3.8, 4) is 0 Å². The Morgan fingerprint density at radius 2 is 2.00 bits per heavy atom. The maximum atomic E-state index is 11.0. The molecule has 1 heterocycles. The van der Waals surface area contributed by atoms with Gasteiger partial charge in [0.15, 0.2) is 6.29 Å². The molecule has 0 unspecified atom stereocenters. The van der Waals surface area contributed by atoms with E-state index in [1.807, 2.05) is 24.3 Å². The quantitative estimate of drug-likeness (QED) is 0.636. The molecule has 2 rings (SSSR count). The minimum absolute atomic E-state index is 0.372. The van der Waals surface area contributed by atoms with Crippen molar-refractivity contribution in [2.45, 2.75) is 10.6 Å². The molecule has 94 valence electrons. The summed E-state index contributed by atoms with van der Waals surface area (Å²) >= 11 is 13.4. The highest BCUT2D eigenvalue weighted by molar-refractivity contribution is 7.98. The first kappa shape index (κ1) is 13.5. The Morgan fingerprint density at radius 3 is 2.61 bits per heavy atom. The van der Waals surface area contributed by atoms with Gasteiger partial charge in [-0.1, -0.05) is 23.2 Å². The molecule has 2 aromatic rings. The van der Waals surface area contributed by atoms with Crippen LogP contribution >= 0.6 is 35.0 Å². The zero-order chi connectivity index (χ0) is 13.1. The fourth-order valence-corrected chi connectivity index (χ4v) is 2.64. The highest BCUT2D eigenvalue weighted by Crippen LogP contribution is 2.27. The number of benzene rings is 1. The van der Waals surface area contributed by atoms with Crippen LogP contribution in [0.1, 0.15) is 16.1 Å². The van der Waals surface area contributed by atoms with Crippen molar-refractivity contribution in [2.75, 3.05) is 0 Å². The van der Waals surface area contributed by atoms with Gasteiger partial charge < -0.3 is 0 Å². The van der Waals surface area contributed by atoms with Crippen molar-refractivity contribution < 1.29 is 4.79 Å². The van der Waals surface area contributed by atoms with Crippen LogP contribution in [0.2, 0.25) is 10.2 Å². The van der Waals surface area contributed by atoms with Crippen LogP contribution < -0.4 is 0 Å². The third kappa shape index (κ3) is 2.88. The number of aromatic nitrogens is 2. The summed E-state index contributed by atoms with van der Waals surface area (Å²) in [7, 11) is 1.71. The summed E-state index contributed by atoms with van der Waals surface area (Å²) in [5.74, 6) is 0.594. The van der Waals surface area contributed by atoms with Crippen molar-refractivity contribution in [1.82, 2.24) is 9.78 Å². The molecule has 0 bridgehead atoms. The van der Waals surface area contributed by atoms with Crippen LogP contribution in [-0.2, 0) is 12.8 Å². The van der Waals surface area contributed by atoms with Gasteiger partial charge in [0.2, 0.25) is 0 Å². The number of carbonyl (C=O) groups is 1. The van der Waals surface area contributed by atoms with Crippen LogP contribution in [0.5, 0.6) is 0 Å². The fourth-order valence-electron chi connectivity index (χ4n) is 1.48. The first-order valence-corrected chi connectivity index (χ1v) is 6.91. The van der Waals surface area contributed by atoms with Gasteiger partial charge in [-0.25, -0.2) is 0 Å². The molecule has 0 amide bonds. The van der Waals surface area contributed by atoms with Gasteiger partial charge in [-0.05, 0) is 24.3 Å².